The van der Waals surface area contributed by atoms with Crippen LogP contribution in [0.5, 0.6) is 0 Å². The fraction of sp³-hybridized carbons (Fsp3) is 0.346. The molecule has 0 saturated heterocycles. The zero-order valence-corrected chi connectivity index (χ0v) is 18.0. The average molecular weight is 432 g/mol. The maximum atomic E-state index is 13.3. The molecule has 5 rings (SSSR count). The van der Waals surface area contributed by atoms with Gasteiger partial charge in [0.15, 0.2) is 0 Å². The number of hydrogen-bond donors (Lipinski definition) is 4. The van der Waals surface area contributed by atoms with E-state index in [9.17, 15) is 9.90 Å². The number of rotatable bonds is 7. The van der Waals surface area contributed by atoms with E-state index in [-0.39, 0.29) is 18.1 Å². The van der Waals surface area contributed by atoms with E-state index in [0.717, 1.165) is 58.9 Å². The Labute approximate surface area is 187 Å². The highest BCUT2D eigenvalue weighted by atomic mass is 16.3. The van der Waals surface area contributed by atoms with Crippen LogP contribution in [0.15, 0.2) is 65.2 Å². The highest BCUT2D eigenvalue weighted by Crippen LogP contribution is 2.22. The summed E-state index contributed by atoms with van der Waals surface area (Å²) >= 11 is 0. The van der Waals surface area contributed by atoms with Crippen LogP contribution in [0, 0.1) is 0 Å². The smallest absolute Gasteiger partial charge is 0.237 e. The average Bonchev–Trinajstić information content (AvgIpc) is 3.41. The number of carbonyl (C=O) groups excluding carboxylic acids is 1. The molecule has 0 radical (unpaired) electrons. The van der Waals surface area contributed by atoms with Crippen LogP contribution in [0.25, 0.3) is 21.9 Å². The standard InChI is InChI=1S/C26H29N3O3/c30-20-11-9-19(10-12-20)29-26(31)24(14-18-15-27-23-7-3-2-6-22(18)23)28-16-21-13-17-5-1-4-8-25(17)32-21/h1-8,13,15,19-20,24,27-28,30H,9-12,14,16H2,(H,29,31). The van der Waals surface area contributed by atoms with Gasteiger partial charge < -0.3 is 19.8 Å². The number of benzene rings is 2. The van der Waals surface area contributed by atoms with E-state index in [4.69, 9.17) is 4.42 Å². The minimum absolute atomic E-state index is 0.00668. The molecule has 32 heavy (non-hydrogen) atoms. The maximum absolute atomic E-state index is 13.3. The van der Waals surface area contributed by atoms with Gasteiger partial charge in [-0.05, 0) is 55.9 Å². The van der Waals surface area contributed by atoms with Crippen LogP contribution in [-0.2, 0) is 17.8 Å². The van der Waals surface area contributed by atoms with Crippen LogP contribution in [0.4, 0.5) is 0 Å². The third-order valence-corrected chi connectivity index (χ3v) is 6.46. The number of aromatic nitrogens is 1. The van der Waals surface area contributed by atoms with Crippen LogP contribution in [0.2, 0.25) is 0 Å². The Morgan fingerprint density at radius 1 is 1.09 bits per heavy atom. The molecule has 2 heterocycles. The number of furan rings is 1. The second-order valence-corrected chi connectivity index (χ2v) is 8.76. The van der Waals surface area contributed by atoms with Crippen molar-refractivity contribution in [2.45, 2.75) is 56.8 Å². The van der Waals surface area contributed by atoms with Crippen molar-refractivity contribution in [1.29, 1.82) is 0 Å². The first-order valence-corrected chi connectivity index (χ1v) is 11.4. The second-order valence-electron chi connectivity index (χ2n) is 8.76. The van der Waals surface area contributed by atoms with E-state index >= 15 is 0 Å². The Hall–Kier alpha value is -3.09. The van der Waals surface area contributed by atoms with E-state index in [0.29, 0.717) is 13.0 Å². The molecule has 6 heteroatoms. The summed E-state index contributed by atoms with van der Waals surface area (Å²) in [6, 6.07) is 17.8. The topological polar surface area (TPSA) is 90.3 Å². The summed E-state index contributed by atoms with van der Waals surface area (Å²) in [5.41, 5.74) is 3.03. The first-order chi connectivity index (χ1) is 15.7. The van der Waals surface area contributed by atoms with Gasteiger partial charge in [-0.15, -0.1) is 0 Å². The fourth-order valence-electron chi connectivity index (χ4n) is 4.65. The summed E-state index contributed by atoms with van der Waals surface area (Å²) < 4.78 is 5.94. The van der Waals surface area contributed by atoms with E-state index in [1.165, 1.54) is 0 Å². The Morgan fingerprint density at radius 2 is 1.88 bits per heavy atom. The molecule has 1 aliphatic carbocycles. The number of aliphatic hydroxyl groups excluding tert-OH is 1. The quantitative estimate of drug-likeness (QED) is 0.356. The minimum Gasteiger partial charge on any atom is -0.460 e. The predicted molar refractivity (Wildman–Crippen MR) is 125 cm³/mol. The van der Waals surface area contributed by atoms with Crippen molar-refractivity contribution in [1.82, 2.24) is 15.6 Å². The van der Waals surface area contributed by atoms with Crippen LogP contribution in [-0.4, -0.2) is 34.2 Å². The molecule has 4 aromatic rings. The Morgan fingerprint density at radius 3 is 2.72 bits per heavy atom. The van der Waals surface area contributed by atoms with Gasteiger partial charge in [-0.1, -0.05) is 36.4 Å². The Kier molecular flexibility index (Phi) is 5.97. The van der Waals surface area contributed by atoms with Crippen LogP contribution in [0.1, 0.15) is 37.0 Å². The maximum Gasteiger partial charge on any atom is 0.237 e. The van der Waals surface area contributed by atoms with Crippen LogP contribution >= 0.6 is 0 Å². The van der Waals surface area contributed by atoms with Gasteiger partial charge in [-0.25, -0.2) is 0 Å². The van der Waals surface area contributed by atoms with Crippen molar-refractivity contribution in [2.24, 2.45) is 0 Å². The molecular formula is C26H29N3O3. The molecule has 1 unspecified atom stereocenters. The minimum atomic E-state index is -0.394. The SMILES string of the molecule is O=C(NC1CCC(O)CC1)C(Cc1c[nH]c2ccccc12)NCc1cc2ccccc2o1. The molecule has 1 fully saturated rings. The van der Waals surface area contributed by atoms with Crippen LogP contribution in [0.3, 0.4) is 0 Å². The third kappa shape index (κ3) is 4.56. The lowest BCUT2D eigenvalue weighted by Gasteiger charge is -2.28. The molecule has 0 bridgehead atoms. The van der Waals surface area contributed by atoms with E-state index in [2.05, 4.69) is 21.7 Å². The molecule has 1 saturated carbocycles. The van der Waals surface area contributed by atoms with Gasteiger partial charge in [-0.3, -0.25) is 10.1 Å². The van der Waals surface area contributed by atoms with Crippen LogP contribution < -0.4 is 10.6 Å². The van der Waals surface area contributed by atoms with Crippen molar-refractivity contribution in [3.05, 3.63) is 72.1 Å². The van der Waals surface area contributed by atoms with Gasteiger partial charge >= 0.3 is 0 Å². The lowest BCUT2D eigenvalue weighted by molar-refractivity contribution is -0.124. The molecule has 1 aliphatic rings. The predicted octanol–water partition coefficient (Wildman–Crippen LogP) is 4.03. The number of para-hydroxylation sites is 2. The summed E-state index contributed by atoms with van der Waals surface area (Å²) in [6.07, 6.45) is 5.44. The molecule has 2 aromatic carbocycles. The summed E-state index contributed by atoms with van der Waals surface area (Å²) in [4.78, 5) is 16.6. The molecule has 2 aromatic heterocycles. The molecule has 1 atom stereocenters. The number of amides is 1. The lowest BCUT2D eigenvalue weighted by atomic mass is 9.92. The summed E-state index contributed by atoms with van der Waals surface area (Å²) in [7, 11) is 0. The Balaban J connectivity index is 1.32. The number of aliphatic hydroxyl groups is 1. The molecule has 1 amide bonds. The number of nitrogens with one attached hydrogen (secondary N) is 3. The first kappa shape index (κ1) is 20.8. The number of aromatic amines is 1. The van der Waals surface area contributed by atoms with Crippen molar-refractivity contribution >= 4 is 27.8 Å². The van der Waals surface area contributed by atoms with Crippen molar-refractivity contribution in [3.8, 4) is 0 Å². The van der Waals surface area contributed by atoms with Crippen molar-refractivity contribution < 1.29 is 14.3 Å². The molecule has 0 spiro atoms. The third-order valence-electron chi connectivity index (χ3n) is 6.46. The molecule has 0 aliphatic heterocycles. The largest absolute Gasteiger partial charge is 0.460 e. The van der Waals surface area contributed by atoms with Gasteiger partial charge in [0.1, 0.15) is 11.3 Å². The second kappa shape index (κ2) is 9.18. The van der Waals surface area contributed by atoms with Gasteiger partial charge in [-0.2, -0.15) is 0 Å². The fourth-order valence-corrected chi connectivity index (χ4v) is 4.65. The van der Waals surface area contributed by atoms with Gasteiger partial charge in [0, 0.05) is 28.5 Å². The Bertz CT molecular complexity index is 1170. The number of hydrogen-bond acceptors (Lipinski definition) is 4. The molecular weight excluding hydrogens is 402 g/mol. The normalized spacial score (nSPS) is 19.9. The summed E-state index contributed by atoms with van der Waals surface area (Å²) in [5.74, 6) is 0.802. The highest BCUT2D eigenvalue weighted by Gasteiger charge is 2.26. The van der Waals surface area contributed by atoms with Crippen molar-refractivity contribution in [2.75, 3.05) is 0 Å². The summed E-state index contributed by atoms with van der Waals surface area (Å²) in [6.45, 7) is 0.471. The number of fused-ring (bicyclic) bond motifs is 2. The molecule has 166 valence electrons. The molecule has 6 nitrogen and oxygen atoms in total. The highest BCUT2D eigenvalue weighted by molar-refractivity contribution is 5.86. The monoisotopic (exact) mass is 431 g/mol. The zero-order valence-electron chi connectivity index (χ0n) is 18.0. The lowest BCUT2D eigenvalue weighted by Crippen LogP contribution is -2.49. The first-order valence-electron chi connectivity index (χ1n) is 11.4. The number of carbonyl (C=O) groups is 1. The number of H-pyrrole nitrogens is 1. The van der Waals surface area contributed by atoms with Gasteiger partial charge in [0.2, 0.25) is 5.91 Å². The summed E-state index contributed by atoms with van der Waals surface area (Å²) in [5, 5.41) is 18.6. The van der Waals surface area contributed by atoms with E-state index in [1.807, 2.05) is 54.7 Å². The molecule has 4 N–H and O–H groups in total. The van der Waals surface area contributed by atoms with E-state index < -0.39 is 6.04 Å². The van der Waals surface area contributed by atoms with Crippen molar-refractivity contribution in [3.63, 3.8) is 0 Å². The zero-order chi connectivity index (χ0) is 21.9. The van der Waals surface area contributed by atoms with Gasteiger partial charge in [0.25, 0.3) is 0 Å². The van der Waals surface area contributed by atoms with E-state index in [1.54, 1.807) is 0 Å². The van der Waals surface area contributed by atoms with Gasteiger partial charge in [0.05, 0.1) is 18.7 Å².